The van der Waals surface area contributed by atoms with Gasteiger partial charge in [0.2, 0.25) is 5.82 Å². The Morgan fingerprint density at radius 2 is 0.900 bits per heavy atom. The summed E-state index contributed by atoms with van der Waals surface area (Å²) in [5.41, 5.74) is 3.40. The quantitative estimate of drug-likeness (QED) is 0.390. The van der Waals surface area contributed by atoms with Crippen molar-refractivity contribution in [3.05, 3.63) is 138 Å². The third-order valence-corrected chi connectivity index (χ3v) is 5.32. The van der Waals surface area contributed by atoms with Crippen molar-refractivity contribution in [1.82, 2.24) is 20.2 Å². The SMILES string of the molecule is c1ccc(-c2nnn(C(c3ccccc3)(c3ccccc3)c3ccccc3)n2)cc1. The zero-order valence-electron chi connectivity index (χ0n) is 16.3. The largest absolute Gasteiger partial charge is 0.204 e. The van der Waals surface area contributed by atoms with Gasteiger partial charge < -0.3 is 0 Å². The van der Waals surface area contributed by atoms with E-state index in [1.807, 2.05) is 84.9 Å². The van der Waals surface area contributed by atoms with Gasteiger partial charge in [-0.3, -0.25) is 0 Å². The Hall–Kier alpha value is -4.05. The summed E-state index contributed by atoms with van der Waals surface area (Å²) in [7, 11) is 0. The molecule has 0 unspecified atom stereocenters. The van der Waals surface area contributed by atoms with Crippen molar-refractivity contribution >= 4 is 0 Å². The number of nitrogens with zero attached hydrogens (tertiary/aromatic N) is 4. The first kappa shape index (κ1) is 18.0. The lowest BCUT2D eigenvalue weighted by Crippen LogP contribution is -2.39. The van der Waals surface area contributed by atoms with Crippen LogP contribution in [-0.2, 0) is 5.54 Å². The van der Waals surface area contributed by atoms with E-state index in [2.05, 4.69) is 46.7 Å². The number of aromatic nitrogens is 4. The molecule has 0 saturated carbocycles. The van der Waals surface area contributed by atoms with Gasteiger partial charge in [0.25, 0.3) is 0 Å². The summed E-state index contributed by atoms with van der Waals surface area (Å²) in [4.78, 5) is 1.75. The van der Waals surface area contributed by atoms with Crippen LogP contribution in [0.25, 0.3) is 11.4 Å². The predicted molar refractivity (Wildman–Crippen MR) is 118 cm³/mol. The van der Waals surface area contributed by atoms with Gasteiger partial charge in [0, 0.05) is 5.56 Å². The summed E-state index contributed by atoms with van der Waals surface area (Å²) in [6.07, 6.45) is 0. The molecule has 5 rings (SSSR count). The van der Waals surface area contributed by atoms with E-state index >= 15 is 0 Å². The zero-order chi connectivity index (χ0) is 20.2. The van der Waals surface area contributed by atoms with Crippen LogP contribution in [0.5, 0.6) is 0 Å². The summed E-state index contributed by atoms with van der Waals surface area (Å²) < 4.78 is 0. The summed E-state index contributed by atoms with van der Waals surface area (Å²) in [6.45, 7) is 0. The number of tetrazole rings is 1. The minimum atomic E-state index is -0.746. The van der Waals surface area contributed by atoms with Gasteiger partial charge in [-0.15, -0.1) is 15.0 Å². The zero-order valence-corrected chi connectivity index (χ0v) is 16.3. The highest BCUT2D eigenvalue weighted by Crippen LogP contribution is 2.39. The molecule has 1 aromatic heterocycles. The number of rotatable bonds is 5. The van der Waals surface area contributed by atoms with Crippen LogP contribution in [0.1, 0.15) is 16.7 Å². The summed E-state index contributed by atoms with van der Waals surface area (Å²) >= 11 is 0. The first-order chi connectivity index (χ1) is 14.9. The van der Waals surface area contributed by atoms with Crippen LogP contribution in [-0.4, -0.2) is 20.2 Å². The Kier molecular flexibility index (Phi) is 4.66. The minimum absolute atomic E-state index is 0.600. The summed E-state index contributed by atoms with van der Waals surface area (Å²) in [6, 6.07) is 41.0. The van der Waals surface area contributed by atoms with Crippen molar-refractivity contribution in [3.63, 3.8) is 0 Å². The molecule has 5 aromatic rings. The molecule has 0 aliphatic rings. The highest BCUT2D eigenvalue weighted by Gasteiger charge is 2.41. The van der Waals surface area contributed by atoms with Crippen molar-refractivity contribution in [2.75, 3.05) is 0 Å². The molecule has 4 nitrogen and oxygen atoms in total. The molecule has 0 atom stereocenters. The van der Waals surface area contributed by atoms with Gasteiger partial charge in [-0.1, -0.05) is 121 Å². The second-order valence-corrected chi connectivity index (χ2v) is 7.08. The molecule has 4 aromatic carbocycles. The van der Waals surface area contributed by atoms with Crippen LogP contribution < -0.4 is 0 Å². The van der Waals surface area contributed by atoms with Crippen molar-refractivity contribution in [2.24, 2.45) is 0 Å². The predicted octanol–water partition coefficient (Wildman–Crippen LogP) is 5.18. The molecule has 144 valence electrons. The van der Waals surface area contributed by atoms with Gasteiger partial charge in [0.05, 0.1) is 0 Å². The number of benzene rings is 4. The van der Waals surface area contributed by atoms with Crippen molar-refractivity contribution in [3.8, 4) is 11.4 Å². The van der Waals surface area contributed by atoms with E-state index in [0.29, 0.717) is 5.82 Å². The van der Waals surface area contributed by atoms with Crippen LogP contribution in [0.4, 0.5) is 0 Å². The fourth-order valence-corrected chi connectivity index (χ4v) is 3.94. The van der Waals surface area contributed by atoms with Crippen molar-refractivity contribution < 1.29 is 0 Å². The molecule has 4 heteroatoms. The highest BCUT2D eigenvalue weighted by molar-refractivity contribution is 5.54. The lowest BCUT2D eigenvalue weighted by Gasteiger charge is -2.34. The van der Waals surface area contributed by atoms with Crippen LogP contribution in [0.3, 0.4) is 0 Å². The fraction of sp³-hybridized carbons (Fsp3) is 0.0385. The number of hydrogen-bond donors (Lipinski definition) is 0. The average Bonchev–Trinajstić information content (AvgIpc) is 3.33. The smallest absolute Gasteiger partial charge is 0.144 e. The fourth-order valence-electron chi connectivity index (χ4n) is 3.94. The molecule has 0 fully saturated rings. The molecule has 1 heterocycles. The molecule has 30 heavy (non-hydrogen) atoms. The molecule has 0 N–H and O–H groups in total. The molecule has 0 aliphatic carbocycles. The number of hydrogen-bond acceptors (Lipinski definition) is 3. The van der Waals surface area contributed by atoms with Crippen LogP contribution in [0.2, 0.25) is 0 Å². The summed E-state index contributed by atoms with van der Waals surface area (Å²) in [5.74, 6) is 0.600. The first-order valence-electron chi connectivity index (χ1n) is 9.91. The normalized spacial score (nSPS) is 11.3. The lowest BCUT2D eigenvalue weighted by molar-refractivity contribution is 0.396. The second kappa shape index (κ2) is 7.76. The van der Waals surface area contributed by atoms with Gasteiger partial charge in [0.1, 0.15) is 0 Å². The average molecular weight is 388 g/mol. The topological polar surface area (TPSA) is 43.6 Å². The molecule has 0 radical (unpaired) electrons. The van der Waals surface area contributed by atoms with Gasteiger partial charge in [-0.05, 0) is 21.9 Å². The molecule has 0 aliphatic heterocycles. The maximum atomic E-state index is 4.88. The Labute approximate surface area is 175 Å². The van der Waals surface area contributed by atoms with E-state index in [9.17, 15) is 0 Å². The Bertz CT molecular complexity index is 1120. The van der Waals surface area contributed by atoms with Gasteiger partial charge in [-0.2, -0.15) is 0 Å². The standard InChI is InChI=1S/C26H20N4/c1-5-13-21(14-6-1)25-27-29-30(28-25)26(22-15-7-2-8-16-22,23-17-9-3-10-18-23)24-19-11-4-12-20-24/h1-20H. The molecular formula is C26H20N4. The van der Waals surface area contributed by atoms with Crippen LogP contribution in [0, 0.1) is 0 Å². The Morgan fingerprint density at radius 1 is 0.500 bits per heavy atom. The molecule has 0 spiro atoms. The van der Waals surface area contributed by atoms with E-state index < -0.39 is 5.54 Å². The minimum Gasteiger partial charge on any atom is -0.144 e. The monoisotopic (exact) mass is 388 g/mol. The van der Waals surface area contributed by atoms with Crippen molar-refractivity contribution in [1.29, 1.82) is 0 Å². The highest BCUT2D eigenvalue weighted by atomic mass is 15.6. The summed E-state index contributed by atoms with van der Waals surface area (Å²) in [5, 5.41) is 13.9. The van der Waals surface area contributed by atoms with Gasteiger partial charge in [0.15, 0.2) is 5.54 Å². The molecule has 0 amide bonds. The van der Waals surface area contributed by atoms with E-state index in [1.54, 1.807) is 4.80 Å². The lowest BCUT2D eigenvalue weighted by atomic mass is 9.77. The third-order valence-electron chi connectivity index (χ3n) is 5.32. The Balaban J connectivity index is 1.82. The first-order valence-corrected chi connectivity index (χ1v) is 9.91. The van der Waals surface area contributed by atoms with Crippen LogP contribution in [0.15, 0.2) is 121 Å². The maximum absolute atomic E-state index is 4.88. The van der Waals surface area contributed by atoms with Crippen LogP contribution >= 0.6 is 0 Å². The third kappa shape index (κ3) is 2.99. The van der Waals surface area contributed by atoms with Gasteiger partial charge >= 0.3 is 0 Å². The van der Waals surface area contributed by atoms with Gasteiger partial charge in [-0.25, -0.2) is 0 Å². The van der Waals surface area contributed by atoms with E-state index in [4.69, 9.17) is 5.10 Å². The molecular weight excluding hydrogens is 368 g/mol. The van der Waals surface area contributed by atoms with Crippen molar-refractivity contribution in [2.45, 2.75) is 5.54 Å². The maximum Gasteiger partial charge on any atom is 0.204 e. The Morgan fingerprint density at radius 3 is 1.33 bits per heavy atom. The molecule has 0 saturated heterocycles. The van der Waals surface area contributed by atoms with E-state index in [0.717, 1.165) is 22.3 Å². The second-order valence-electron chi connectivity index (χ2n) is 7.08. The van der Waals surface area contributed by atoms with E-state index in [1.165, 1.54) is 0 Å². The molecule has 0 bridgehead atoms. The van der Waals surface area contributed by atoms with E-state index in [-0.39, 0.29) is 0 Å².